The third-order valence-corrected chi connectivity index (χ3v) is 4.06. The minimum atomic E-state index is -3.62. The Kier molecular flexibility index (Phi) is 3.91. The van der Waals surface area contributed by atoms with E-state index in [1.165, 1.54) is 43.4 Å². The van der Waals surface area contributed by atoms with Crippen molar-refractivity contribution in [3.8, 4) is 11.5 Å². The highest BCUT2D eigenvalue weighted by Gasteiger charge is 2.15. The lowest BCUT2D eigenvalue weighted by Crippen LogP contribution is -2.19. The molecular formula is C13H13FN2O3S. The van der Waals surface area contributed by atoms with Crippen LogP contribution in [0.25, 0.3) is 0 Å². The summed E-state index contributed by atoms with van der Waals surface area (Å²) >= 11 is 0. The number of hydrogen-bond acceptors (Lipinski definition) is 4. The molecule has 2 aromatic rings. The van der Waals surface area contributed by atoms with Gasteiger partial charge in [-0.3, -0.25) is 0 Å². The van der Waals surface area contributed by atoms with Gasteiger partial charge in [-0.25, -0.2) is 17.5 Å². The lowest BCUT2D eigenvalue weighted by atomic mass is 10.3. The second-order valence-electron chi connectivity index (χ2n) is 3.97. The number of halogens is 1. The van der Waals surface area contributed by atoms with Gasteiger partial charge in [0.2, 0.25) is 10.0 Å². The van der Waals surface area contributed by atoms with Crippen LogP contribution < -0.4 is 15.2 Å². The summed E-state index contributed by atoms with van der Waals surface area (Å²) < 4.78 is 43.9. The smallest absolute Gasteiger partial charge is 0.242 e. The Morgan fingerprint density at radius 1 is 1.15 bits per heavy atom. The SMILES string of the molecule is CNS(=O)(=O)c1ccc(Oc2cccc(F)c2)cc1N. The molecule has 2 aromatic carbocycles. The van der Waals surface area contributed by atoms with Gasteiger partial charge in [0, 0.05) is 12.1 Å². The van der Waals surface area contributed by atoms with Crippen molar-refractivity contribution >= 4 is 15.7 Å². The van der Waals surface area contributed by atoms with Gasteiger partial charge in [0.25, 0.3) is 0 Å². The molecule has 0 aliphatic rings. The third kappa shape index (κ3) is 3.06. The minimum Gasteiger partial charge on any atom is -0.457 e. The van der Waals surface area contributed by atoms with E-state index in [1.54, 1.807) is 6.07 Å². The van der Waals surface area contributed by atoms with E-state index in [9.17, 15) is 12.8 Å². The molecule has 0 radical (unpaired) electrons. The maximum Gasteiger partial charge on any atom is 0.242 e. The topological polar surface area (TPSA) is 81.4 Å². The molecule has 0 atom stereocenters. The molecule has 0 spiro atoms. The Labute approximate surface area is 116 Å². The Morgan fingerprint density at radius 3 is 2.45 bits per heavy atom. The molecule has 7 heteroatoms. The van der Waals surface area contributed by atoms with E-state index in [1.807, 2.05) is 0 Å². The first-order chi connectivity index (χ1) is 9.42. The summed E-state index contributed by atoms with van der Waals surface area (Å²) in [6.45, 7) is 0. The van der Waals surface area contributed by atoms with E-state index in [4.69, 9.17) is 10.5 Å². The van der Waals surface area contributed by atoms with E-state index in [2.05, 4.69) is 4.72 Å². The number of anilines is 1. The van der Waals surface area contributed by atoms with Gasteiger partial charge in [-0.15, -0.1) is 0 Å². The molecule has 0 heterocycles. The highest BCUT2D eigenvalue weighted by Crippen LogP contribution is 2.27. The van der Waals surface area contributed by atoms with Crippen LogP contribution in [-0.2, 0) is 10.0 Å². The lowest BCUT2D eigenvalue weighted by Gasteiger charge is -2.10. The molecule has 0 fully saturated rings. The van der Waals surface area contributed by atoms with Crippen LogP contribution in [0.1, 0.15) is 0 Å². The average Bonchev–Trinajstić information content (AvgIpc) is 2.38. The predicted molar refractivity (Wildman–Crippen MR) is 73.6 cm³/mol. The molecular weight excluding hydrogens is 283 g/mol. The Balaban J connectivity index is 2.30. The van der Waals surface area contributed by atoms with E-state index < -0.39 is 15.8 Å². The molecule has 0 aromatic heterocycles. The second kappa shape index (κ2) is 5.48. The zero-order valence-corrected chi connectivity index (χ0v) is 11.4. The molecule has 5 nitrogen and oxygen atoms in total. The predicted octanol–water partition coefficient (Wildman–Crippen LogP) is 2.11. The molecule has 3 N–H and O–H groups in total. The average molecular weight is 296 g/mol. The first-order valence-corrected chi connectivity index (χ1v) is 7.17. The lowest BCUT2D eigenvalue weighted by molar-refractivity contribution is 0.476. The Morgan fingerprint density at radius 2 is 1.85 bits per heavy atom. The summed E-state index contributed by atoms with van der Waals surface area (Å²) in [6, 6.07) is 9.75. The molecule has 0 amide bonds. The van der Waals surface area contributed by atoms with Gasteiger partial charge in [0.1, 0.15) is 22.2 Å². The van der Waals surface area contributed by atoms with Crippen molar-refractivity contribution in [2.24, 2.45) is 0 Å². The van der Waals surface area contributed by atoms with E-state index in [-0.39, 0.29) is 10.6 Å². The molecule has 0 saturated carbocycles. The Hall–Kier alpha value is -2.12. The van der Waals surface area contributed by atoms with Crippen molar-refractivity contribution in [2.75, 3.05) is 12.8 Å². The minimum absolute atomic E-state index is 0.0356. The normalized spacial score (nSPS) is 11.3. The number of rotatable bonds is 4. The molecule has 0 unspecified atom stereocenters. The second-order valence-corrected chi connectivity index (χ2v) is 5.82. The van der Waals surface area contributed by atoms with E-state index >= 15 is 0 Å². The number of benzene rings is 2. The number of nitrogen functional groups attached to an aromatic ring is 1. The number of nitrogens with two attached hydrogens (primary N) is 1. The maximum atomic E-state index is 13.0. The quantitative estimate of drug-likeness (QED) is 0.847. The van der Waals surface area contributed by atoms with Crippen molar-refractivity contribution in [3.05, 3.63) is 48.3 Å². The van der Waals surface area contributed by atoms with Crippen LogP contribution in [-0.4, -0.2) is 15.5 Å². The van der Waals surface area contributed by atoms with Crippen LogP contribution in [0.5, 0.6) is 11.5 Å². The van der Waals surface area contributed by atoms with E-state index in [0.717, 1.165) is 0 Å². The summed E-state index contributed by atoms with van der Waals surface area (Å²) in [6.07, 6.45) is 0. The van der Waals surface area contributed by atoms with Gasteiger partial charge in [-0.05, 0) is 31.3 Å². The first kappa shape index (κ1) is 14.3. The summed E-state index contributed by atoms with van der Waals surface area (Å²) in [7, 11) is -2.32. The number of nitrogens with one attached hydrogen (secondary N) is 1. The van der Waals surface area contributed by atoms with Gasteiger partial charge >= 0.3 is 0 Å². The number of ether oxygens (including phenoxy) is 1. The zero-order valence-electron chi connectivity index (χ0n) is 10.6. The summed E-state index contributed by atoms with van der Waals surface area (Å²) in [5, 5.41) is 0. The molecule has 106 valence electrons. The first-order valence-electron chi connectivity index (χ1n) is 5.69. The fourth-order valence-electron chi connectivity index (χ4n) is 1.61. The fraction of sp³-hybridized carbons (Fsp3) is 0.0769. The van der Waals surface area contributed by atoms with Crippen LogP contribution in [0.3, 0.4) is 0 Å². The maximum absolute atomic E-state index is 13.0. The van der Waals surface area contributed by atoms with Crippen LogP contribution >= 0.6 is 0 Å². The van der Waals surface area contributed by atoms with Crippen LogP contribution in [0.2, 0.25) is 0 Å². The van der Waals surface area contributed by atoms with Crippen LogP contribution in [0.15, 0.2) is 47.4 Å². The van der Waals surface area contributed by atoms with E-state index in [0.29, 0.717) is 11.5 Å². The Bertz CT molecular complexity index is 732. The summed E-state index contributed by atoms with van der Waals surface area (Å²) in [5.41, 5.74) is 5.74. The molecule has 20 heavy (non-hydrogen) atoms. The summed E-state index contributed by atoms with van der Waals surface area (Å²) in [4.78, 5) is -0.0356. The van der Waals surface area contributed by atoms with Crippen molar-refractivity contribution in [3.63, 3.8) is 0 Å². The standard InChI is InChI=1S/C13H13FN2O3S/c1-16-20(17,18)13-6-5-11(8-12(13)15)19-10-4-2-3-9(14)7-10/h2-8,16H,15H2,1H3. The monoisotopic (exact) mass is 296 g/mol. The van der Waals surface area contributed by atoms with Gasteiger partial charge in [-0.1, -0.05) is 6.07 Å². The molecule has 0 bridgehead atoms. The third-order valence-electron chi connectivity index (χ3n) is 2.57. The molecule has 0 saturated heterocycles. The van der Waals surface area contributed by atoms with Gasteiger partial charge in [-0.2, -0.15) is 0 Å². The zero-order chi connectivity index (χ0) is 14.8. The molecule has 0 aliphatic carbocycles. The van der Waals surface area contributed by atoms with Crippen molar-refractivity contribution in [2.45, 2.75) is 4.90 Å². The highest BCUT2D eigenvalue weighted by molar-refractivity contribution is 7.89. The fourth-order valence-corrected chi connectivity index (χ4v) is 2.45. The van der Waals surface area contributed by atoms with Crippen molar-refractivity contribution < 1.29 is 17.5 Å². The number of hydrogen-bond donors (Lipinski definition) is 2. The summed E-state index contributed by atoms with van der Waals surface area (Å²) in [5.74, 6) is 0.196. The van der Waals surface area contributed by atoms with Crippen molar-refractivity contribution in [1.82, 2.24) is 4.72 Å². The van der Waals surface area contributed by atoms with Gasteiger partial charge < -0.3 is 10.5 Å². The van der Waals surface area contributed by atoms with Crippen LogP contribution in [0, 0.1) is 5.82 Å². The van der Waals surface area contributed by atoms with Crippen LogP contribution in [0.4, 0.5) is 10.1 Å². The molecule has 2 rings (SSSR count). The van der Waals surface area contributed by atoms with Gasteiger partial charge in [0.15, 0.2) is 0 Å². The molecule has 0 aliphatic heterocycles. The largest absolute Gasteiger partial charge is 0.457 e. The van der Waals surface area contributed by atoms with Crippen molar-refractivity contribution in [1.29, 1.82) is 0 Å². The van der Waals surface area contributed by atoms with Gasteiger partial charge in [0.05, 0.1) is 5.69 Å². The number of sulfonamides is 1. The highest BCUT2D eigenvalue weighted by atomic mass is 32.2.